The van der Waals surface area contributed by atoms with E-state index in [-0.39, 0.29) is 31.1 Å². The van der Waals surface area contributed by atoms with E-state index in [9.17, 15) is 19.3 Å². The predicted octanol–water partition coefficient (Wildman–Crippen LogP) is 2.86. The van der Waals surface area contributed by atoms with Crippen molar-refractivity contribution >= 4 is 28.9 Å². The van der Waals surface area contributed by atoms with E-state index >= 15 is 0 Å². The number of aryl methyl sites for hydroxylation is 1. The second kappa shape index (κ2) is 7.96. The van der Waals surface area contributed by atoms with Gasteiger partial charge in [0.1, 0.15) is 18.2 Å². The molecule has 2 aromatic heterocycles. The number of rotatable bonds is 7. The summed E-state index contributed by atoms with van der Waals surface area (Å²) in [6.45, 7) is 0.316. The van der Waals surface area contributed by atoms with Crippen molar-refractivity contribution in [2.45, 2.75) is 19.5 Å². The van der Waals surface area contributed by atoms with Crippen molar-refractivity contribution in [3.05, 3.63) is 69.5 Å². The molecule has 1 amide bonds. The zero-order valence-electron chi connectivity index (χ0n) is 13.9. The molecule has 0 aliphatic heterocycles. The topological polar surface area (TPSA) is 108 Å². The van der Waals surface area contributed by atoms with E-state index in [1.54, 1.807) is 12.3 Å². The molecule has 0 aliphatic carbocycles. The first kappa shape index (κ1) is 18.5. The van der Waals surface area contributed by atoms with Gasteiger partial charge in [-0.1, -0.05) is 17.7 Å². The van der Waals surface area contributed by atoms with Crippen molar-refractivity contribution in [2.24, 2.45) is 0 Å². The lowest BCUT2D eigenvalue weighted by Gasteiger charge is -2.06. The number of nitrogens with zero attached hydrogens (tertiary/aromatic N) is 5. The number of carbonyl (C=O) groups is 1. The average Bonchev–Trinajstić information content (AvgIpc) is 3.26. The van der Waals surface area contributed by atoms with Crippen LogP contribution >= 0.6 is 11.6 Å². The van der Waals surface area contributed by atoms with Crippen LogP contribution in [0.4, 0.5) is 15.8 Å². The molecule has 1 aromatic carbocycles. The summed E-state index contributed by atoms with van der Waals surface area (Å²) in [6.07, 6.45) is 5.44. The van der Waals surface area contributed by atoms with Crippen LogP contribution in [-0.4, -0.2) is 30.4 Å². The highest BCUT2D eigenvalue weighted by Crippen LogP contribution is 2.20. The van der Waals surface area contributed by atoms with E-state index in [4.69, 9.17) is 11.6 Å². The Hall–Kier alpha value is -3.27. The molecule has 3 rings (SSSR count). The summed E-state index contributed by atoms with van der Waals surface area (Å²) < 4.78 is 16.6. The molecule has 2 heterocycles. The Balaban J connectivity index is 1.55. The molecule has 0 bridgehead atoms. The third kappa shape index (κ3) is 4.67. The van der Waals surface area contributed by atoms with Crippen LogP contribution in [0, 0.1) is 15.9 Å². The Morgan fingerprint density at radius 3 is 2.74 bits per heavy atom. The van der Waals surface area contributed by atoms with Crippen molar-refractivity contribution < 1.29 is 14.1 Å². The van der Waals surface area contributed by atoms with Gasteiger partial charge in [0.2, 0.25) is 5.91 Å². The second-order valence-corrected chi connectivity index (χ2v) is 6.05. The van der Waals surface area contributed by atoms with Gasteiger partial charge in [-0.15, -0.1) is 0 Å². The van der Waals surface area contributed by atoms with Crippen LogP contribution in [0.5, 0.6) is 0 Å². The molecule has 140 valence electrons. The number of benzene rings is 1. The van der Waals surface area contributed by atoms with Crippen molar-refractivity contribution in [1.29, 1.82) is 0 Å². The quantitative estimate of drug-likeness (QED) is 0.491. The van der Waals surface area contributed by atoms with E-state index in [2.05, 4.69) is 15.5 Å². The summed E-state index contributed by atoms with van der Waals surface area (Å²) in [5.74, 6) is -0.742. The van der Waals surface area contributed by atoms with Gasteiger partial charge in [0, 0.05) is 29.7 Å². The lowest BCUT2D eigenvalue weighted by atomic mass is 10.2. The maximum atomic E-state index is 13.8. The first-order valence-corrected chi connectivity index (χ1v) is 8.22. The summed E-state index contributed by atoms with van der Waals surface area (Å²) in [4.78, 5) is 22.0. The fraction of sp³-hybridized carbons (Fsp3) is 0.188. The smallest absolute Gasteiger partial charge is 0.306 e. The first-order valence-electron chi connectivity index (χ1n) is 7.84. The maximum absolute atomic E-state index is 13.8. The average molecular weight is 393 g/mol. The van der Waals surface area contributed by atoms with Crippen molar-refractivity contribution in [2.75, 3.05) is 5.32 Å². The fourth-order valence-electron chi connectivity index (χ4n) is 2.37. The fourth-order valence-corrected chi connectivity index (χ4v) is 2.59. The standard InChI is InChI=1S/C16H14ClFN6O3/c17-14-2-1-3-15(18)13(14)10-23-8-11(6-19-23)21-16(25)4-5-22-9-12(7-20-22)24(26)27/h1-3,6-9H,4-5,10H2,(H,21,25). The second-order valence-electron chi connectivity index (χ2n) is 5.64. The molecule has 9 nitrogen and oxygen atoms in total. The van der Waals surface area contributed by atoms with Gasteiger partial charge in [-0.05, 0) is 12.1 Å². The molecule has 0 saturated carbocycles. The molecule has 1 N–H and O–H groups in total. The van der Waals surface area contributed by atoms with Gasteiger partial charge < -0.3 is 5.32 Å². The highest BCUT2D eigenvalue weighted by molar-refractivity contribution is 6.31. The van der Waals surface area contributed by atoms with Crippen molar-refractivity contribution in [3.8, 4) is 0 Å². The Kier molecular flexibility index (Phi) is 5.46. The molecule has 0 fully saturated rings. The Morgan fingerprint density at radius 1 is 1.26 bits per heavy atom. The van der Waals surface area contributed by atoms with Gasteiger partial charge in [-0.3, -0.25) is 24.3 Å². The van der Waals surface area contributed by atoms with Gasteiger partial charge in [-0.2, -0.15) is 10.2 Å². The number of amides is 1. The van der Waals surface area contributed by atoms with Crippen LogP contribution in [0.2, 0.25) is 5.02 Å². The number of aromatic nitrogens is 4. The zero-order valence-corrected chi connectivity index (χ0v) is 14.6. The van der Waals surface area contributed by atoms with Crippen molar-refractivity contribution in [1.82, 2.24) is 19.6 Å². The number of nitro groups is 1. The third-order valence-corrected chi connectivity index (χ3v) is 4.05. The minimum atomic E-state index is -0.556. The SMILES string of the molecule is O=C(CCn1cc([N+](=O)[O-])cn1)Nc1cnn(Cc2c(F)cccc2Cl)c1. The molecule has 0 atom stereocenters. The van der Waals surface area contributed by atoms with Gasteiger partial charge >= 0.3 is 5.69 Å². The predicted molar refractivity (Wildman–Crippen MR) is 94.9 cm³/mol. The molecular weight excluding hydrogens is 379 g/mol. The van der Waals surface area contributed by atoms with E-state index in [0.717, 1.165) is 6.20 Å². The number of nitrogens with one attached hydrogen (secondary N) is 1. The summed E-state index contributed by atoms with van der Waals surface area (Å²) >= 11 is 5.99. The molecule has 0 unspecified atom stereocenters. The van der Waals surface area contributed by atoms with E-state index in [1.807, 2.05) is 0 Å². The Labute approximate surface area is 157 Å². The Bertz CT molecular complexity index is 966. The van der Waals surface area contributed by atoms with Gasteiger partial charge in [-0.25, -0.2) is 4.39 Å². The van der Waals surface area contributed by atoms with E-state index in [0.29, 0.717) is 16.3 Å². The number of anilines is 1. The van der Waals surface area contributed by atoms with Crippen LogP contribution in [-0.2, 0) is 17.9 Å². The third-order valence-electron chi connectivity index (χ3n) is 3.70. The summed E-state index contributed by atoms with van der Waals surface area (Å²) in [5.41, 5.74) is 0.614. The molecule has 0 spiro atoms. The lowest BCUT2D eigenvalue weighted by molar-refractivity contribution is -0.385. The number of carbonyl (C=O) groups excluding carboxylic acids is 1. The first-order chi connectivity index (χ1) is 12.9. The van der Waals surface area contributed by atoms with Crippen LogP contribution < -0.4 is 5.32 Å². The summed E-state index contributed by atoms with van der Waals surface area (Å²) in [7, 11) is 0. The molecular formula is C16H14ClFN6O3. The number of halogens is 2. The Morgan fingerprint density at radius 2 is 2.04 bits per heavy atom. The van der Waals surface area contributed by atoms with Crippen molar-refractivity contribution in [3.63, 3.8) is 0 Å². The maximum Gasteiger partial charge on any atom is 0.306 e. The number of hydrogen-bond acceptors (Lipinski definition) is 5. The minimum absolute atomic E-state index is 0.0726. The monoisotopic (exact) mass is 392 g/mol. The van der Waals surface area contributed by atoms with Crippen LogP contribution in [0.15, 0.2) is 43.0 Å². The highest BCUT2D eigenvalue weighted by atomic mass is 35.5. The zero-order chi connectivity index (χ0) is 19.4. The minimum Gasteiger partial charge on any atom is -0.323 e. The lowest BCUT2D eigenvalue weighted by Crippen LogP contribution is -2.14. The molecule has 0 aliphatic rings. The van der Waals surface area contributed by atoms with Crippen LogP contribution in [0.25, 0.3) is 0 Å². The normalized spacial score (nSPS) is 10.7. The molecule has 3 aromatic rings. The largest absolute Gasteiger partial charge is 0.323 e. The molecule has 0 saturated heterocycles. The molecule has 27 heavy (non-hydrogen) atoms. The van der Waals surface area contributed by atoms with Crippen LogP contribution in [0.1, 0.15) is 12.0 Å². The highest BCUT2D eigenvalue weighted by Gasteiger charge is 2.12. The number of hydrogen-bond donors (Lipinski definition) is 1. The molecule has 0 radical (unpaired) electrons. The molecule has 11 heteroatoms. The van der Waals surface area contributed by atoms with Gasteiger partial charge in [0.25, 0.3) is 0 Å². The van der Waals surface area contributed by atoms with Gasteiger partial charge in [0.05, 0.1) is 23.4 Å². The van der Waals surface area contributed by atoms with E-state index in [1.165, 1.54) is 33.9 Å². The van der Waals surface area contributed by atoms with Gasteiger partial charge in [0.15, 0.2) is 0 Å². The van der Waals surface area contributed by atoms with Crippen LogP contribution in [0.3, 0.4) is 0 Å². The van der Waals surface area contributed by atoms with E-state index < -0.39 is 10.7 Å². The summed E-state index contributed by atoms with van der Waals surface area (Å²) in [6, 6.07) is 4.42. The summed E-state index contributed by atoms with van der Waals surface area (Å²) in [5, 5.41) is 21.4.